The van der Waals surface area contributed by atoms with Crippen molar-refractivity contribution in [2.24, 2.45) is 0 Å². The Hall–Kier alpha value is -2.30. The minimum atomic E-state index is -4.67. The summed E-state index contributed by atoms with van der Waals surface area (Å²) in [6, 6.07) is 12.7. The topological polar surface area (TPSA) is 26.3 Å². The van der Waals surface area contributed by atoms with Gasteiger partial charge in [0.1, 0.15) is 12.0 Å². The molecule has 0 saturated carbocycles. The number of carbonyl (C=O) groups is 1. The largest absolute Gasteiger partial charge is 0.573 e. The van der Waals surface area contributed by atoms with Crippen molar-refractivity contribution < 1.29 is 22.7 Å². The van der Waals surface area contributed by atoms with E-state index in [1.54, 1.807) is 24.3 Å². The molecule has 104 valence electrons. The van der Waals surface area contributed by atoms with Crippen LogP contribution in [0.15, 0.2) is 48.5 Å². The van der Waals surface area contributed by atoms with E-state index < -0.39 is 6.36 Å². The van der Waals surface area contributed by atoms with E-state index in [0.29, 0.717) is 12.0 Å². The first-order chi connectivity index (χ1) is 9.46. The van der Waals surface area contributed by atoms with Crippen LogP contribution < -0.4 is 4.74 Å². The molecule has 0 aliphatic carbocycles. The highest BCUT2D eigenvalue weighted by atomic mass is 19.4. The Morgan fingerprint density at radius 3 is 1.85 bits per heavy atom. The number of ether oxygens (including phenoxy) is 1. The molecule has 0 radical (unpaired) electrons. The average molecular weight is 280 g/mol. The van der Waals surface area contributed by atoms with Crippen LogP contribution in [0.5, 0.6) is 5.75 Å². The Bertz CT molecular complexity index is 572. The molecule has 2 nitrogen and oxygen atoms in total. The number of benzene rings is 2. The van der Waals surface area contributed by atoms with Gasteiger partial charge in [-0.3, -0.25) is 4.79 Å². The van der Waals surface area contributed by atoms with E-state index >= 15 is 0 Å². The number of aldehydes is 1. The third-order valence-corrected chi connectivity index (χ3v) is 2.68. The zero-order valence-corrected chi connectivity index (χ0v) is 10.4. The SMILES string of the molecule is O=Cc1ccc(Cc2ccc(OC(F)(F)F)cc2)cc1. The van der Waals surface area contributed by atoms with Crippen molar-refractivity contribution >= 4 is 6.29 Å². The lowest BCUT2D eigenvalue weighted by Gasteiger charge is -2.09. The third-order valence-electron chi connectivity index (χ3n) is 2.68. The van der Waals surface area contributed by atoms with Crippen molar-refractivity contribution in [3.63, 3.8) is 0 Å². The normalized spacial score (nSPS) is 11.2. The monoisotopic (exact) mass is 280 g/mol. The van der Waals surface area contributed by atoms with Crippen LogP contribution in [0.2, 0.25) is 0 Å². The van der Waals surface area contributed by atoms with Crippen molar-refractivity contribution in [1.82, 2.24) is 0 Å². The quantitative estimate of drug-likeness (QED) is 0.792. The lowest BCUT2D eigenvalue weighted by atomic mass is 10.0. The highest BCUT2D eigenvalue weighted by Gasteiger charge is 2.30. The molecule has 0 N–H and O–H groups in total. The molecule has 20 heavy (non-hydrogen) atoms. The molecule has 2 aromatic rings. The number of carbonyl (C=O) groups excluding carboxylic acids is 1. The number of hydrogen-bond donors (Lipinski definition) is 0. The van der Waals surface area contributed by atoms with Gasteiger partial charge in [0.05, 0.1) is 0 Å². The molecule has 5 heteroatoms. The molecular formula is C15H11F3O2. The van der Waals surface area contributed by atoms with Gasteiger partial charge in [-0.2, -0.15) is 0 Å². The van der Waals surface area contributed by atoms with E-state index in [9.17, 15) is 18.0 Å². The molecule has 0 unspecified atom stereocenters. The second-order valence-corrected chi connectivity index (χ2v) is 4.23. The van der Waals surface area contributed by atoms with Crippen LogP contribution >= 0.6 is 0 Å². The summed E-state index contributed by atoms with van der Waals surface area (Å²) in [5.41, 5.74) is 2.42. The fourth-order valence-corrected chi connectivity index (χ4v) is 1.76. The molecule has 0 amide bonds. The molecule has 2 rings (SSSR count). The van der Waals surface area contributed by atoms with Crippen LogP contribution in [0.1, 0.15) is 21.5 Å². The van der Waals surface area contributed by atoms with Crippen molar-refractivity contribution in [1.29, 1.82) is 0 Å². The number of alkyl halides is 3. The molecule has 2 aromatic carbocycles. The van der Waals surface area contributed by atoms with Crippen molar-refractivity contribution in [2.45, 2.75) is 12.8 Å². The van der Waals surface area contributed by atoms with Gasteiger partial charge in [0.25, 0.3) is 0 Å². The number of rotatable bonds is 4. The molecule has 0 heterocycles. The minimum absolute atomic E-state index is 0.238. The van der Waals surface area contributed by atoms with Crippen LogP contribution in [0.25, 0.3) is 0 Å². The Morgan fingerprint density at radius 2 is 1.40 bits per heavy atom. The summed E-state index contributed by atoms with van der Waals surface area (Å²) in [5.74, 6) is -0.238. The molecule has 0 saturated heterocycles. The average Bonchev–Trinajstić information content (AvgIpc) is 2.40. The van der Waals surface area contributed by atoms with Gasteiger partial charge in [0.15, 0.2) is 0 Å². The molecule has 0 aromatic heterocycles. The van der Waals surface area contributed by atoms with Crippen molar-refractivity contribution in [2.75, 3.05) is 0 Å². The van der Waals surface area contributed by atoms with Gasteiger partial charge in [-0.25, -0.2) is 0 Å². The fraction of sp³-hybridized carbons (Fsp3) is 0.133. The van der Waals surface area contributed by atoms with E-state index in [4.69, 9.17) is 0 Å². The van der Waals surface area contributed by atoms with E-state index in [0.717, 1.165) is 17.4 Å². The molecule has 0 atom stereocenters. The summed E-state index contributed by atoms with van der Waals surface area (Å²) in [4.78, 5) is 10.5. The second-order valence-electron chi connectivity index (χ2n) is 4.23. The first-order valence-corrected chi connectivity index (χ1v) is 5.85. The maximum atomic E-state index is 12.0. The fourth-order valence-electron chi connectivity index (χ4n) is 1.76. The zero-order valence-electron chi connectivity index (χ0n) is 10.4. The predicted molar refractivity (Wildman–Crippen MR) is 67.8 cm³/mol. The van der Waals surface area contributed by atoms with E-state index in [1.165, 1.54) is 12.1 Å². The van der Waals surface area contributed by atoms with Gasteiger partial charge in [0.2, 0.25) is 0 Å². The summed E-state index contributed by atoms with van der Waals surface area (Å²) in [6.45, 7) is 0. The van der Waals surface area contributed by atoms with Crippen LogP contribution in [0.4, 0.5) is 13.2 Å². The number of hydrogen-bond acceptors (Lipinski definition) is 2. The highest BCUT2D eigenvalue weighted by molar-refractivity contribution is 5.74. The zero-order chi connectivity index (χ0) is 14.6. The van der Waals surface area contributed by atoms with Crippen molar-refractivity contribution in [3.05, 3.63) is 65.2 Å². The highest BCUT2D eigenvalue weighted by Crippen LogP contribution is 2.23. The third kappa shape index (κ3) is 4.12. The molecule has 0 fully saturated rings. The Morgan fingerprint density at radius 1 is 0.900 bits per heavy atom. The van der Waals surface area contributed by atoms with Crippen LogP contribution in [-0.4, -0.2) is 12.6 Å². The first kappa shape index (κ1) is 14.1. The van der Waals surface area contributed by atoms with Gasteiger partial charge in [0, 0.05) is 5.56 Å². The van der Waals surface area contributed by atoms with Gasteiger partial charge < -0.3 is 4.74 Å². The lowest BCUT2D eigenvalue weighted by Crippen LogP contribution is -2.17. The molecule has 0 bridgehead atoms. The Balaban J connectivity index is 2.04. The summed E-state index contributed by atoms with van der Waals surface area (Å²) >= 11 is 0. The second kappa shape index (κ2) is 5.77. The molecular weight excluding hydrogens is 269 g/mol. The van der Waals surface area contributed by atoms with E-state index in [-0.39, 0.29) is 5.75 Å². The summed E-state index contributed by atoms with van der Waals surface area (Å²) < 4.78 is 39.8. The van der Waals surface area contributed by atoms with Gasteiger partial charge in [-0.1, -0.05) is 36.4 Å². The predicted octanol–water partition coefficient (Wildman–Crippen LogP) is 3.99. The van der Waals surface area contributed by atoms with E-state index in [2.05, 4.69) is 4.74 Å². The molecule has 0 aliphatic rings. The Labute approximate surface area is 113 Å². The lowest BCUT2D eigenvalue weighted by molar-refractivity contribution is -0.274. The van der Waals surface area contributed by atoms with Crippen LogP contribution in [0.3, 0.4) is 0 Å². The van der Waals surface area contributed by atoms with Crippen LogP contribution in [0, 0.1) is 0 Å². The summed E-state index contributed by atoms with van der Waals surface area (Å²) in [6.07, 6.45) is -3.34. The maximum absolute atomic E-state index is 12.0. The smallest absolute Gasteiger partial charge is 0.406 e. The molecule has 0 spiro atoms. The summed E-state index contributed by atoms with van der Waals surface area (Å²) in [5, 5.41) is 0. The van der Waals surface area contributed by atoms with Gasteiger partial charge in [-0.15, -0.1) is 13.2 Å². The minimum Gasteiger partial charge on any atom is -0.406 e. The van der Waals surface area contributed by atoms with Gasteiger partial charge in [-0.05, 0) is 29.7 Å². The first-order valence-electron chi connectivity index (χ1n) is 5.85. The van der Waals surface area contributed by atoms with Crippen LogP contribution in [-0.2, 0) is 6.42 Å². The summed E-state index contributed by atoms with van der Waals surface area (Å²) in [7, 11) is 0. The number of halogens is 3. The van der Waals surface area contributed by atoms with E-state index in [1.807, 2.05) is 12.1 Å². The molecule has 0 aliphatic heterocycles. The Kier molecular flexibility index (Phi) is 4.08. The standard InChI is InChI=1S/C15H11F3O2/c16-15(17,18)20-14-7-5-12(6-8-14)9-11-1-3-13(10-19)4-2-11/h1-8,10H,9H2. The van der Waals surface area contributed by atoms with Crippen molar-refractivity contribution in [3.8, 4) is 5.75 Å². The maximum Gasteiger partial charge on any atom is 0.573 e. The van der Waals surface area contributed by atoms with Gasteiger partial charge >= 0.3 is 6.36 Å².